The van der Waals surface area contributed by atoms with Gasteiger partial charge in [0.15, 0.2) is 0 Å². The van der Waals surface area contributed by atoms with Crippen molar-refractivity contribution in [3.8, 4) is 11.1 Å². The van der Waals surface area contributed by atoms with Crippen molar-refractivity contribution in [3.05, 3.63) is 64.1 Å². The summed E-state index contributed by atoms with van der Waals surface area (Å²) in [5, 5.41) is 3.18. The molecule has 0 amide bonds. The van der Waals surface area contributed by atoms with Crippen molar-refractivity contribution in [2.24, 2.45) is 0 Å². The summed E-state index contributed by atoms with van der Waals surface area (Å²) in [7, 11) is 0. The minimum absolute atomic E-state index is 0.796. The van der Waals surface area contributed by atoms with Crippen LogP contribution in [0.1, 0.15) is 6.92 Å². The molecule has 0 N–H and O–H groups in total. The standard InChI is InChI=1S/C18H14BrClS/c1-2-21-18-14(8-5-9-16(18)19)15-10-12-6-3-4-7-13(12)11-17(15)20/h3-11H,2H2,1H3. The van der Waals surface area contributed by atoms with Crippen molar-refractivity contribution in [1.29, 1.82) is 0 Å². The lowest BCUT2D eigenvalue weighted by Gasteiger charge is -2.13. The maximum Gasteiger partial charge on any atom is 0.0491 e. The molecule has 0 unspecified atom stereocenters. The maximum atomic E-state index is 6.54. The Labute approximate surface area is 142 Å². The summed E-state index contributed by atoms with van der Waals surface area (Å²) in [6, 6.07) is 18.8. The van der Waals surface area contributed by atoms with E-state index in [1.807, 2.05) is 23.9 Å². The third-order valence-corrected chi connectivity index (χ3v) is 5.63. The van der Waals surface area contributed by atoms with Crippen LogP contribution in [0.5, 0.6) is 0 Å². The number of hydrogen-bond donors (Lipinski definition) is 0. The number of halogens is 2. The Hall–Kier alpha value is -0.960. The van der Waals surface area contributed by atoms with E-state index in [4.69, 9.17) is 11.6 Å². The molecule has 0 aliphatic rings. The zero-order chi connectivity index (χ0) is 14.8. The molecular weight excluding hydrogens is 364 g/mol. The molecular formula is C18H14BrClS. The number of benzene rings is 3. The fourth-order valence-corrected chi connectivity index (χ4v) is 4.24. The molecule has 0 aliphatic heterocycles. The highest BCUT2D eigenvalue weighted by atomic mass is 79.9. The molecule has 0 saturated carbocycles. The van der Waals surface area contributed by atoms with Gasteiger partial charge in [-0.15, -0.1) is 11.8 Å². The van der Waals surface area contributed by atoms with E-state index in [-0.39, 0.29) is 0 Å². The van der Waals surface area contributed by atoms with Crippen LogP contribution >= 0.6 is 39.3 Å². The second kappa shape index (κ2) is 6.43. The summed E-state index contributed by atoms with van der Waals surface area (Å²) >= 11 is 12.0. The molecule has 0 heterocycles. The summed E-state index contributed by atoms with van der Waals surface area (Å²) in [6.07, 6.45) is 0. The van der Waals surface area contributed by atoms with E-state index in [1.54, 1.807) is 0 Å². The van der Waals surface area contributed by atoms with Gasteiger partial charge in [0, 0.05) is 20.0 Å². The summed E-state index contributed by atoms with van der Waals surface area (Å²) in [5.41, 5.74) is 2.28. The molecule has 0 saturated heterocycles. The van der Waals surface area contributed by atoms with Gasteiger partial charge in [-0.3, -0.25) is 0 Å². The summed E-state index contributed by atoms with van der Waals surface area (Å²) < 4.78 is 1.12. The molecule has 3 aromatic rings. The maximum absolute atomic E-state index is 6.54. The van der Waals surface area contributed by atoms with Gasteiger partial charge in [-0.1, -0.05) is 54.9 Å². The molecule has 0 fully saturated rings. The van der Waals surface area contributed by atoms with Gasteiger partial charge in [-0.25, -0.2) is 0 Å². The van der Waals surface area contributed by atoms with Crippen molar-refractivity contribution in [2.75, 3.05) is 5.75 Å². The molecule has 0 bridgehead atoms. The molecule has 0 aliphatic carbocycles. The van der Waals surface area contributed by atoms with Crippen LogP contribution in [0.4, 0.5) is 0 Å². The summed E-state index contributed by atoms with van der Waals surface area (Å²) in [4.78, 5) is 1.25. The average molecular weight is 378 g/mol. The minimum atomic E-state index is 0.796. The van der Waals surface area contributed by atoms with Crippen LogP contribution < -0.4 is 0 Å². The van der Waals surface area contributed by atoms with Gasteiger partial charge in [0.1, 0.15) is 0 Å². The van der Waals surface area contributed by atoms with Crippen LogP contribution in [-0.4, -0.2) is 5.75 Å². The zero-order valence-corrected chi connectivity index (χ0v) is 14.7. The second-order valence-electron chi connectivity index (χ2n) is 4.73. The third kappa shape index (κ3) is 2.98. The van der Waals surface area contributed by atoms with E-state index < -0.39 is 0 Å². The number of hydrogen-bond acceptors (Lipinski definition) is 1. The van der Waals surface area contributed by atoms with Crippen LogP contribution in [0, 0.1) is 0 Å². The van der Waals surface area contributed by atoms with E-state index in [0.717, 1.165) is 20.8 Å². The molecule has 0 atom stereocenters. The molecule has 0 spiro atoms. The first kappa shape index (κ1) is 15.0. The SMILES string of the molecule is CCSc1c(Br)cccc1-c1cc2ccccc2cc1Cl. The fraction of sp³-hybridized carbons (Fsp3) is 0.111. The van der Waals surface area contributed by atoms with Gasteiger partial charge in [0.05, 0.1) is 0 Å². The Balaban J connectivity index is 2.25. The van der Waals surface area contributed by atoms with Crippen molar-refractivity contribution < 1.29 is 0 Å². The van der Waals surface area contributed by atoms with Gasteiger partial charge >= 0.3 is 0 Å². The lowest BCUT2D eigenvalue weighted by Crippen LogP contribution is -1.87. The highest BCUT2D eigenvalue weighted by Gasteiger charge is 2.12. The van der Waals surface area contributed by atoms with Crippen LogP contribution in [0.15, 0.2) is 64.0 Å². The van der Waals surface area contributed by atoms with E-state index in [9.17, 15) is 0 Å². The first-order valence-electron chi connectivity index (χ1n) is 6.80. The Morgan fingerprint density at radius 3 is 2.38 bits per heavy atom. The fourth-order valence-electron chi connectivity index (χ4n) is 2.43. The first-order valence-corrected chi connectivity index (χ1v) is 8.96. The predicted octanol–water partition coefficient (Wildman–Crippen LogP) is 7.03. The lowest BCUT2D eigenvalue weighted by molar-refractivity contribution is 1.38. The smallest absolute Gasteiger partial charge is 0.0491 e. The summed E-state index contributed by atoms with van der Waals surface area (Å²) in [6.45, 7) is 2.16. The Bertz CT molecular complexity index is 798. The molecule has 3 rings (SSSR count). The van der Waals surface area contributed by atoms with Crippen LogP contribution in [0.2, 0.25) is 5.02 Å². The van der Waals surface area contributed by atoms with Crippen LogP contribution in [0.25, 0.3) is 21.9 Å². The molecule has 0 nitrogen and oxygen atoms in total. The quantitative estimate of drug-likeness (QED) is 0.441. The Morgan fingerprint density at radius 2 is 1.67 bits per heavy atom. The van der Waals surface area contributed by atoms with Crippen LogP contribution in [-0.2, 0) is 0 Å². The average Bonchev–Trinajstić information content (AvgIpc) is 2.49. The number of fused-ring (bicyclic) bond motifs is 1. The predicted molar refractivity (Wildman–Crippen MR) is 98.5 cm³/mol. The van der Waals surface area contributed by atoms with Crippen LogP contribution in [0.3, 0.4) is 0 Å². The largest absolute Gasteiger partial charge is 0.125 e. The molecule has 3 heteroatoms. The van der Waals surface area contributed by atoms with E-state index in [0.29, 0.717) is 0 Å². The highest BCUT2D eigenvalue weighted by molar-refractivity contribution is 9.10. The summed E-state index contributed by atoms with van der Waals surface area (Å²) in [5.74, 6) is 1.03. The van der Waals surface area contributed by atoms with Gasteiger partial charge in [-0.2, -0.15) is 0 Å². The van der Waals surface area contributed by atoms with Gasteiger partial charge in [0.2, 0.25) is 0 Å². The zero-order valence-electron chi connectivity index (χ0n) is 11.6. The van der Waals surface area contributed by atoms with E-state index >= 15 is 0 Å². The Morgan fingerprint density at radius 1 is 0.952 bits per heavy atom. The first-order chi connectivity index (χ1) is 10.2. The third-order valence-electron chi connectivity index (χ3n) is 3.38. The van der Waals surface area contributed by atoms with E-state index in [2.05, 4.69) is 65.3 Å². The van der Waals surface area contributed by atoms with Gasteiger partial charge in [0.25, 0.3) is 0 Å². The minimum Gasteiger partial charge on any atom is -0.125 e. The van der Waals surface area contributed by atoms with E-state index in [1.165, 1.54) is 21.2 Å². The number of thioether (sulfide) groups is 1. The van der Waals surface area contributed by atoms with Crippen molar-refractivity contribution >= 4 is 50.1 Å². The molecule has 21 heavy (non-hydrogen) atoms. The topological polar surface area (TPSA) is 0 Å². The highest BCUT2D eigenvalue weighted by Crippen LogP contribution is 2.41. The number of rotatable bonds is 3. The molecule has 3 aromatic carbocycles. The van der Waals surface area contributed by atoms with Gasteiger partial charge in [-0.05, 0) is 56.2 Å². The van der Waals surface area contributed by atoms with Crippen molar-refractivity contribution in [3.63, 3.8) is 0 Å². The molecule has 0 radical (unpaired) electrons. The lowest BCUT2D eigenvalue weighted by atomic mass is 10.0. The Kier molecular flexibility index (Phi) is 4.58. The monoisotopic (exact) mass is 376 g/mol. The molecule has 0 aromatic heterocycles. The normalized spacial score (nSPS) is 11.0. The molecule has 106 valence electrons. The van der Waals surface area contributed by atoms with Crippen molar-refractivity contribution in [1.82, 2.24) is 0 Å². The van der Waals surface area contributed by atoms with Gasteiger partial charge < -0.3 is 0 Å². The van der Waals surface area contributed by atoms with Crippen molar-refractivity contribution in [2.45, 2.75) is 11.8 Å². The second-order valence-corrected chi connectivity index (χ2v) is 7.26.